The highest BCUT2D eigenvalue weighted by Gasteiger charge is 2.18. The molecule has 3 nitrogen and oxygen atoms in total. The van der Waals surface area contributed by atoms with Crippen LogP contribution in [0.2, 0.25) is 0 Å². The van der Waals surface area contributed by atoms with Crippen LogP contribution in [0.1, 0.15) is 55.9 Å². The molecule has 0 spiro atoms. The highest BCUT2D eigenvalue weighted by atomic mass is 14.9. The fourth-order valence-corrected chi connectivity index (χ4v) is 2.24. The van der Waals surface area contributed by atoms with E-state index in [1.54, 1.807) is 0 Å². The average Bonchev–Trinajstić information content (AvgIpc) is 2.28. The molecule has 0 fully saturated rings. The van der Waals surface area contributed by atoms with Crippen LogP contribution in [0.4, 0.5) is 0 Å². The first-order chi connectivity index (χ1) is 7.72. The van der Waals surface area contributed by atoms with Crippen molar-refractivity contribution in [2.24, 2.45) is 0 Å². The van der Waals surface area contributed by atoms with Crippen molar-refractivity contribution in [3.63, 3.8) is 0 Å². The van der Waals surface area contributed by atoms with Gasteiger partial charge in [0.15, 0.2) is 0 Å². The van der Waals surface area contributed by atoms with Crippen molar-refractivity contribution in [1.29, 1.82) is 0 Å². The number of hydrogen-bond donors (Lipinski definition) is 1. The van der Waals surface area contributed by atoms with E-state index in [-0.39, 0.29) is 0 Å². The Hall–Kier alpha value is -0.960. The quantitative estimate of drug-likeness (QED) is 0.847. The second-order valence-electron chi connectivity index (χ2n) is 4.78. The zero-order chi connectivity index (χ0) is 11.5. The van der Waals surface area contributed by atoms with Gasteiger partial charge in [0.25, 0.3) is 0 Å². The van der Waals surface area contributed by atoms with Gasteiger partial charge in [0.2, 0.25) is 0 Å². The number of nitrogens with one attached hydrogen (secondary N) is 1. The summed E-state index contributed by atoms with van der Waals surface area (Å²) in [7, 11) is 0. The summed E-state index contributed by atoms with van der Waals surface area (Å²) in [5.74, 6) is 1.53. The van der Waals surface area contributed by atoms with E-state index in [9.17, 15) is 0 Å². The van der Waals surface area contributed by atoms with Crippen molar-refractivity contribution in [3.8, 4) is 0 Å². The number of rotatable bonds is 3. The third-order valence-corrected chi connectivity index (χ3v) is 3.03. The Morgan fingerprint density at radius 1 is 1.31 bits per heavy atom. The van der Waals surface area contributed by atoms with Gasteiger partial charge in [-0.25, -0.2) is 9.97 Å². The lowest BCUT2D eigenvalue weighted by Crippen LogP contribution is -2.27. The lowest BCUT2D eigenvalue weighted by molar-refractivity contribution is 0.598. The van der Waals surface area contributed by atoms with Gasteiger partial charge in [-0.15, -0.1) is 0 Å². The minimum atomic E-state index is 0.493. The number of aromatic nitrogens is 2. The van der Waals surface area contributed by atoms with Crippen molar-refractivity contribution < 1.29 is 0 Å². The second-order valence-corrected chi connectivity index (χ2v) is 4.78. The van der Waals surface area contributed by atoms with E-state index in [4.69, 9.17) is 9.97 Å². The van der Waals surface area contributed by atoms with Crippen molar-refractivity contribution in [1.82, 2.24) is 15.3 Å². The Labute approximate surface area is 97.7 Å². The maximum Gasteiger partial charge on any atom is 0.128 e. The molecule has 1 aliphatic heterocycles. The maximum atomic E-state index is 4.72. The van der Waals surface area contributed by atoms with Crippen LogP contribution in [-0.4, -0.2) is 16.5 Å². The molecule has 0 unspecified atom stereocenters. The number of fused-ring (bicyclic) bond motifs is 1. The van der Waals surface area contributed by atoms with Crippen molar-refractivity contribution in [3.05, 3.63) is 22.8 Å². The first kappa shape index (κ1) is 11.5. The van der Waals surface area contributed by atoms with Crippen LogP contribution in [0, 0.1) is 0 Å². The van der Waals surface area contributed by atoms with Gasteiger partial charge in [0, 0.05) is 31.5 Å². The van der Waals surface area contributed by atoms with Crippen molar-refractivity contribution in [2.75, 3.05) is 6.54 Å². The van der Waals surface area contributed by atoms with Gasteiger partial charge in [-0.3, -0.25) is 0 Å². The van der Waals surface area contributed by atoms with Crippen LogP contribution in [0.15, 0.2) is 0 Å². The predicted molar refractivity (Wildman–Crippen MR) is 65.5 cm³/mol. The molecule has 0 amide bonds. The molecular formula is C13H21N3. The Kier molecular flexibility index (Phi) is 3.54. The van der Waals surface area contributed by atoms with Gasteiger partial charge in [-0.1, -0.05) is 20.8 Å². The average molecular weight is 219 g/mol. The molecule has 0 aliphatic carbocycles. The first-order valence-corrected chi connectivity index (χ1v) is 6.31. The first-order valence-electron chi connectivity index (χ1n) is 6.31. The maximum absolute atomic E-state index is 4.72. The second kappa shape index (κ2) is 4.91. The molecule has 1 N–H and O–H groups in total. The Morgan fingerprint density at radius 3 is 2.81 bits per heavy atom. The van der Waals surface area contributed by atoms with Gasteiger partial charge < -0.3 is 5.32 Å². The van der Waals surface area contributed by atoms with E-state index < -0.39 is 0 Å². The molecule has 0 saturated heterocycles. The van der Waals surface area contributed by atoms with Gasteiger partial charge in [0.1, 0.15) is 5.82 Å². The minimum absolute atomic E-state index is 0.493. The van der Waals surface area contributed by atoms with Crippen LogP contribution in [0.25, 0.3) is 0 Å². The molecule has 1 aromatic rings. The van der Waals surface area contributed by atoms with Crippen LogP contribution in [-0.2, 0) is 19.4 Å². The molecule has 16 heavy (non-hydrogen) atoms. The van der Waals surface area contributed by atoms with Crippen molar-refractivity contribution >= 4 is 0 Å². The third kappa shape index (κ3) is 2.24. The summed E-state index contributed by atoms with van der Waals surface area (Å²) in [6.07, 6.45) is 3.17. The molecule has 0 atom stereocenters. The minimum Gasteiger partial charge on any atom is -0.312 e. The van der Waals surface area contributed by atoms with Gasteiger partial charge in [-0.2, -0.15) is 0 Å². The van der Waals surface area contributed by atoms with E-state index in [2.05, 4.69) is 26.1 Å². The number of aryl methyl sites for hydroxylation is 1. The lowest BCUT2D eigenvalue weighted by Gasteiger charge is -2.21. The zero-order valence-corrected chi connectivity index (χ0v) is 10.5. The van der Waals surface area contributed by atoms with Crippen LogP contribution < -0.4 is 5.32 Å². The summed E-state index contributed by atoms with van der Waals surface area (Å²) >= 11 is 0. The molecular weight excluding hydrogens is 198 g/mol. The molecule has 0 radical (unpaired) electrons. The van der Waals surface area contributed by atoms with Gasteiger partial charge in [-0.05, 0) is 12.3 Å². The van der Waals surface area contributed by atoms with Crippen LogP contribution >= 0.6 is 0 Å². The Balaban J connectivity index is 2.43. The van der Waals surface area contributed by atoms with Crippen LogP contribution in [0.3, 0.4) is 0 Å². The summed E-state index contributed by atoms with van der Waals surface area (Å²) in [6, 6.07) is 0. The fraction of sp³-hybridized carbons (Fsp3) is 0.692. The van der Waals surface area contributed by atoms with E-state index in [1.165, 1.54) is 17.0 Å². The van der Waals surface area contributed by atoms with E-state index in [1.807, 2.05) is 0 Å². The number of nitrogens with zero attached hydrogens (tertiary/aromatic N) is 2. The normalized spacial score (nSPS) is 15.2. The van der Waals surface area contributed by atoms with Crippen LogP contribution in [0.5, 0.6) is 0 Å². The predicted octanol–water partition coefficient (Wildman–Crippen LogP) is 2.20. The number of hydrogen-bond acceptors (Lipinski definition) is 3. The Bertz CT molecular complexity index is 372. The highest BCUT2D eigenvalue weighted by Crippen LogP contribution is 2.22. The molecule has 3 heteroatoms. The summed E-state index contributed by atoms with van der Waals surface area (Å²) < 4.78 is 0. The largest absolute Gasteiger partial charge is 0.312 e. The SMILES string of the molecule is CCCc1nc2c(c(C(C)C)n1)CNCC2. The molecule has 0 bridgehead atoms. The molecule has 0 saturated carbocycles. The monoisotopic (exact) mass is 219 g/mol. The van der Waals surface area contributed by atoms with Gasteiger partial charge >= 0.3 is 0 Å². The standard InChI is InChI=1S/C13H21N3/c1-4-5-12-15-11-6-7-14-8-10(11)13(16-12)9(2)3/h9,14H,4-8H2,1-3H3. The summed E-state index contributed by atoms with van der Waals surface area (Å²) in [4.78, 5) is 9.42. The zero-order valence-electron chi connectivity index (χ0n) is 10.5. The summed E-state index contributed by atoms with van der Waals surface area (Å²) in [5.41, 5.74) is 3.88. The molecule has 1 aliphatic rings. The Morgan fingerprint density at radius 2 is 2.12 bits per heavy atom. The van der Waals surface area contributed by atoms with E-state index in [0.717, 1.165) is 38.2 Å². The molecule has 0 aromatic carbocycles. The lowest BCUT2D eigenvalue weighted by atomic mass is 9.98. The summed E-state index contributed by atoms with van der Waals surface area (Å²) in [6.45, 7) is 8.60. The molecule has 1 aromatic heterocycles. The van der Waals surface area contributed by atoms with Crippen molar-refractivity contribution in [2.45, 2.75) is 52.5 Å². The molecule has 88 valence electrons. The fourth-order valence-electron chi connectivity index (χ4n) is 2.24. The molecule has 2 heterocycles. The third-order valence-electron chi connectivity index (χ3n) is 3.03. The smallest absolute Gasteiger partial charge is 0.128 e. The van der Waals surface area contributed by atoms with Gasteiger partial charge in [0.05, 0.1) is 11.4 Å². The molecule has 2 rings (SSSR count). The topological polar surface area (TPSA) is 37.8 Å². The van der Waals surface area contributed by atoms with E-state index in [0.29, 0.717) is 5.92 Å². The highest BCUT2D eigenvalue weighted by molar-refractivity contribution is 5.30. The van der Waals surface area contributed by atoms with E-state index >= 15 is 0 Å². The summed E-state index contributed by atoms with van der Waals surface area (Å²) in [5, 5.41) is 3.41.